The Balaban J connectivity index is 0.999. The van der Waals surface area contributed by atoms with Crippen LogP contribution in [0, 0.1) is 0 Å². The minimum absolute atomic E-state index is 0.539. The van der Waals surface area contributed by atoms with Crippen molar-refractivity contribution < 1.29 is 9.47 Å². The smallest absolute Gasteiger partial charge is 0.178 e. The summed E-state index contributed by atoms with van der Waals surface area (Å²) in [5.74, 6) is 2.75. The molecular weight excluding hydrogens is 719 g/mol. The molecule has 2 aliphatic rings. The molecule has 0 spiro atoms. The van der Waals surface area contributed by atoms with Crippen LogP contribution < -0.4 is 9.47 Å². The molecule has 9 aromatic carbocycles. The van der Waals surface area contributed by atoms with Crippen molar-refractivity contribution in [2.24, 2.45) is 0 Å². The minimum Gasteiger partial charge on any atom is -0.449 e. The van der Waals surface area contributed by atoms with Gasteiger partial charge in [0, 0.05) is 16.7 Å². The highest BCUT2D eigenvalue weighted by Crippen LogP contribution is 2.62. The van der Waals surface area contributed by atoms with Crippen LogP contribution in [0.1, 0.15) is 22.3 Å². The van der Waals surface area contributed by atoms with Gasteiger partial charge in [-0.15, -0.1) is 0 Å². The number of ether oxygens (including phenoxy) is 2. The van der Waals surface area contributed by atoms with E-state index in [0.29, 0.717) is 17.2 Å². The predicted octanol–water partition coefficient (Wildman–Crippen LogP) is 14.7. The van der Waals surface area contributed by atoms with Crippen LogP contribution in [0.5, 0.6) is 23.0 Å². The third kappa shape index (κ3) is 5.18. The third-order valence-corrected chi connectivity index (χ3v) is 12.2. The predicted molar refractivity (Wildman–Crippen MR) is 239 cm³/mol. The highest BCUT2D eigenvalue weighted by molar-refractivity contribution is 6.08. The monoisotopic (exact) mass is 753 g/mol. The number of hydrogen-bond acceptors (Lipinski definition) is 3. The Kier molecular flexibility index (Phi) is 7.45. The molecule has 59 heavy (non-hydrogen) atoms. The van der Waals surface area contributed by atoms with Crippen molar-refractivity contribution in [3.63, 3.8) is 0 Å². The molecule has 0 unspecified atom stereocenters. The van der Waals surface area contributed by atoms with Crippen LogP contribution in [0.3, 0.4) is 0 Å². The molecule has 1 aliphatic heterocycles. The summed E-state index contributed by atoms with van der Waals surface area (Å²) in [6, 6.07) is 75.4. The van der Waals surface area contributed by atoms with E-state index >= 15 is 0 Å². The summed E-state index contributed by atoms with van der Waals surface area (Å²) < 4.78 is 13.8. The first-order valence-corrected chi connectivity index (χ1v) is 20.1. The molecule has 0 saturated carbocycles. The van der Waals surface area contributed by atoms with Crippen LogP contribution in [0.2, 0.25) is 0 Å². The highest BCUT2D eigenvalue weighted by atomic mass is 16.6. The number of pyridine rings is 1. The maximum absolute atomic E-state index is 7.06. The van der Waals surface area contributed by atoms with Crippen molar-refractivity contribution >= 4 is 21.5 Å². The van der Waals surface area contributed by atoms with Gasteiger partial charge in [-0.25, -0.2) is 4.98 Å². The van der Waals surface area contributed by atoms with E-state index in [1.165, 1.54) is 43.8 Å². The second-order valence-electron chi connectivity index (χ2n) is 15.4. The molecule has 1 aromatic heterocycles. The van der Waals surface area contributed by atoms with E-state index in [4.69, 9.17) is 14.5 Å². The quantitative estimate of drug-likeness (QED) is 0.164. The standard InChI is InChI=1S/C56H35NO2/c1-4-15-37(16-5-1)49-33-41(38-26-28-45-39(32-38)25-24-36-14-10-11-21-44(36)45)34-50(57-49)40-27-30-51-53(35-40)59-55-52(58-51)31-29-48-54(55)46-22-12-13-23-47(46)56(48,42-17-6-2-7-18-42)43-19-8-3-9-20-43/h1-35H. The molecule has 276 valence electrons. The summed E-state index contributed by atoms with van der Waals surface area (Å²) in [4.78, 5) is 5.27. The Hall–Kier alpha value is -7.75. The van der Waals surface area contributed by atoms with E-state index in [2.05, 4.69) is 200 Å². The van der Waals surface area contributed by atoms with Crippen LogP contribution >= 0.6 is 0 Å². The number of hydrogen-bond donors (Lipinski definition) is 0. The molecule has 0 atom stereocenters. The van der Waals surface area contributed by atoms with E-state index < -0.39 is 5.41 Å². The van der Waals surface area contributed by atoms with Crippen LogP contribution in [0.25, 0.3) is 66.3 Å². The SMILES string of the molecule is c1ccc(-c2cc(-c3ccc4c(ccc5ccccc54)c3)cc(-c3ccc4c(c3)Oc3c(ccc5c3-c3ccccc3C5(c3ccccc3)c3ccccc3)O4)n2)cc1. The Labute approximate surface area is 342 Å². The molecule has 3 nitrogen and oxygen atoms in total. The Morgan fingerprint density at radius 3 is 1.78 bits per heavy atom. The molecule has 10 aromatic rings. The molecule has 2 heterocycles. The molecule has 12 rings (SSSR count). The molecule has 0 bridgehead atoms. The van der Waals surface area contributed by atoms with Gasteiger partial charge in [-0.05, 0) is 103 Å². The topological polar surface area (TPSA) is 31.4 Å². The fourth-order valence-electron chi connectivity index (χ4n) is 9.52. The van der Waals surface area contributed by atoms with Gasteiger partial charge in [0.2, 0.25) is 0 Å². The summed E-state index contributed by atoms with van der Waals surface area (Å²) in [7, 11) is 0. The number of aromatic nitrogens is 1. The van der Waals surface area contributed by atoms with E-state index in [1.807, 2.05) is 12.1 Å². The van der Waals surface area contributed by atoms with Crippen molar-refractivity contribution in [3.8, 4) is 67.8 Å². The van der Waals surface area contributed by atoms with Crippen molar-refractivity contribution in [1.82, 2.24) is 4.98 Å². The first-order chi connectivity index (χ1) is 29.2. The molecule has 0 fully saturated rings. The summed E-state index contributed by atoms with van der Waals surface area (Å²) in [6.45, 7) is 0. The normalized spacial score (nSPS) is 13.2. The van der Waals surface area contributed by atoms with Crippen LogP contribution in [-0.2, 0) is 5.41 Å². The van der Waals surface area contributed by atoms with E-state index in [9.17, 15) is 0 Å². The lowest BCUT2D eigenvalue weighted by Gasteiger charge is -2.34. The van der Waals surface area contributed by atoms with Crippen LogP contribution in [0.4, 0.5) is 0 Å². The van der Waals surface area contributed by atoms with Crippen molar-refractivity contribution in [2.75, 3.05) is 0 Å². The molecular formula is C56H35NO2. The zero-order valence-electron chi connectivity index (χ0n) is 32.0. The average molecular weight is 754 g/mol. The summed E-state index contributed by atoms with van der Waals surface area (Å²) in [6.07, 6.45) is 0. The number of rotatable bonds is 5. The molecule has 3 heteroatoms. The largest absolute Gasteiger partial charge is 0.449 e. The van der Waals surface area contributed by atoms with Gasteiger partial charge in [0.05, 0.1) is 16.8 Å². The van der Waals surface area contributed by atoms with E-state index in [1.54, 1.807) is 0 Å². The van der Waals surface area contributed by atoms with Gasteiger partial charge in [0.15, 0.2) is 23.0 Å². The molecule has 0 N–H and O–H groups in total. The number of nitrogens with zero attached hydrogens (tertiary/aromatic N) is 1. The first kappa shape index (κ1) is 33.4. The molecule has 0 radical (unpaired) electrons. The van der Waals surface area contributed by atoms with Gasteiger partial charge in [0.1, 0.15) is 0 Å². The summed E-state index contributed by atoms with van der Waals surface area (Å²) >= 11 is 0. The van der Waals surface area contributed by atoms with Gasteiger partial charge in [-0.2, -0.15) is 0 Å². The van der Waals surface area contributed by atoms with E-state index in [0.717, 1.165) is 50.5 Å². The number of fused-ring (bicyclic) bond motifs is 9. The summed E-state index contributed by atoms with van der Waals surface area (Å²) in [5.41, 5.74) is 12.4. The fraction of sp³-hybridized carbons (Fsp3) is 0.0179. The minimum atomic E-state index is -0.539. The van der Waals surface area contributed by atoms with Crippen molar-refractivity contribution in [1.29, 1.82) is 0 Å². The Morgan fingerprint density at radius 1 is 0.356 bits per heavy atom. The van der Waals surface area contributed by atoms with Crippen LogP contribution in [0.15, 0.2) is 212 Å². The number of benzene rings is 9. The van der Waals surface area contributed by atoms with Crippen LogP contribution in [-0.4, -0.2) is 4.98 Å². The second kappa shape index (κ2) is 13.2. The maximum atomic E-state index is 7.06. The lowest BCUT2D eigenvalue weighted by atomic mass is 9.68. The highest BCUT2D eigenvalue weighted by Gasteiger charge is 2.48. The lowest BCUT2D eigenvalue weighted by molar-refractivity contribution is 0.360. The van der Waals surface area contributed by atoms with Gasteiger partial charge in [-0.3, -0.25) is 0 Å². The summed E-state index contributed by atoms with van der Waals surface area (Å²) in [5, 5.41) is 4.95. The second-order valence-corrected chi connectivity index (χ2v) is 15.4. The average Bonchev–Trinajstić information content (AvgIpc) is 3.62. The molecule has 0 saturated heterocycles. The Morgan fingerprint density at radius 2 is 0.983 bits per heavy atom. The van der Waals surface area contributed by atoms with Gasteiger partial charge >= 0.3 is 0 Å². The molecule has 1 aliphatic carbocycles. The van der Waals surface area contributed by atoms with Gasteiger partial charge < -0.3 is 9.47 Å². The first-order valence-electron chi connectivity index (χ1n) is 20.1. The third-order valence-electron chi connectivity index (χ3n) is 12.2. The van der Waals surface area contributed by atoms with E-state index in [-0.39, 0.29) is 0 Å². The Bertz CT molecular complexity index is 3230. The zero-order chi connectivity index (χ0) is 38.9. The van der Waals surface area contributed by atoms with Gasteiger partial charge in [-0.1, -0.05) is 170 Å². The zero-order valence-corrected chi connectivity index (χ0v) is 32.0. The molecule has 0 amide bonds. The lowest BCUT2D eigenvalue weighted by Crippen LogP contribution is -2.28. The maximum Gasteiger partial charge on any atom is 0.178 e. The van der Waals surface area contributed by atoms with Crippen molar-refractivity contribution in [3.05, 3.63) is 235 Å². The van der Waals surface area contributed by atoms with Crippen molar-refractivity contribution in [2.45, 2.75) is 5.41 Å². The van der Waals surface area contributed by atoms with Gasteiger partial charge in [0.25, 0.3) is 0 Å². The fourth-order valence-corrected chi connectivity index (χ4v) is 9.52.